The molecule has 23 heavy (non-hydrogen) atoms. The molecule has 0 saturated heterocycles. The van der Waals surface area contributed by atoms with Crippen molar-refractivity contribution in [3.05, 3.63) is 53.4 Å². The molecule has 6 nitrogen and oxygen atoms in total. The van der Waals surface area contributed by atoms with E-state index in [-0.39, 0.29) is 11.5 Å². The number of nitrogens with one attached hydrogen (secondary N) is 2. The van der Waals surface area contributed by atoms with E-state index in [0.717, 1.165) is 12.5 Å². The quantitative estimate of drug-likeness (QED) is 0.454. The van der Waals surface area contributed by atoms with Gasteiger partial charge < -0.3 is 5.32 Å². The molecule has 120 valence electrons. The Balaban J connectivity index is 1.85. The van der Waals surface area contributed by atoms with Gasteiger partial charge in [0.1, 0.15) is 11.6 Å². The second kappa shape index (κ2) is 5.88. The summed E-state index contributed by atoms with van der Waals surface area (Å²) >= 11 is 0. The van der Waals surface area contributed by atoms with Gasteiger partial charge in [0, 0.05) is 18.5 Å². The van der Waals surface area contributed by atoms with Crippen molar-refractivity contribution in [2.75, 3.05) is 5.32 Å². The number of amides is 1. The number of benzene rings is 1. The zero-order valence-electron chi connectivity index (χ0n) is 12.1. The van der Waals surface area contributed by atoms with Crippen LogP contribution in [0.25, 0.3) is 0 Å². The highest BCUT2D eigenvalue weighted by molar-refractivity contribution is 5.93. The maximum atomic E-state index is 13.5. The van der Waals surface area contributed by atoms with E-state index in [0.29, 0.717) is 18.4 Å². The van der Waals surface area contributed by atoms with Crippen LogP contribution in [0.3, 0.4) is 0 Å². The molecule has 1 aromatic heterocycles. The lowest BCUT2D eigenvalue weighted by Gasteiger charge is -2.43. The molecule has 1 aromatic carbocycles. The molecule has 0 bridgehead atoms. The SMILES string of the molecule is NNC(=O)c1cnc(NC2(c3cc(F)cc(F)c3)CCC2)nc1. The van der Waals surface area contributed by atoms with Gasteiger partial charge in [0.05, 0.1) is 11.1 Å². The molecule has 3 rings (SSSR count). The first-order valence-corrected chi connectivity index (χ1v) is 7.10. The van der Waals surface area contributed by atoms with Crippen LogP contribution in [0.4, 0.5) is 14.7 Å². The van der Waals surface area contributed by atoms with Gasteiger partial charge in [0.15, 0.2) is 0 Å². The first kappa shape index (κ1) is 15.3. The molecule has 0 radical (unpaired) electrons. The third-order valence-electron chi connectivity index (χ3n) is 4.02. The standard InChI is InChI=1S/C15H15F2N5O/c16-11-4-10(5-12(17)6-11)15(2-1-3-15)21-14-19-7-9(8-20-14)13(23)22-18/h4-8H,1-3,18H2,(H,22,23)(H,19,20,21). The van der Waals surface area contributed by atoms with E-state index in [1.165, 1.54) is 24.5 Å². The molecule has 1 fully saturated rings. The molecule has 1 saturated carbocycles. The van der Waals surface area contributed by atoms with Crippen LogP contribution in [0.1, 0.15) is 35.2 Å². The van der Waals surface area contributed by atoms with E-state index in [1.54, 1.807) is 0 Å². The second-order valence-electron chi connectivity index (χ2n) is 5.49. The lowest BCUT2D eigenvalue weighted by atomic mass is 9.72. The van der Waals surface area contributed by atoms with Crippen LogP contribution in [0.15, 0.2) is 30.6 Å². The number of aromatic nitrogens is 2. The van der Waals surface area contributed by atoms with Crippen molar-refractivity contribution < 1.29 is 13.6 Å². The molecular formula is C15H15F2N5O. The first-order valence-electron chi connectivity index (χ1n) is 7.10. The van der Waals surface area contributed by atoms with E-state index in [4.69, 9.17) is 5.84 Å². The van der Waals surface area contributed by atoms with Crippen LogP contribution < -0.4 is 16.6 Å². The number of carbonyl (C=O) groups is 1. The number of carbonyl (C=O) groups excluding carboxylic acids is 1. The van der Waals surface area contributed by atoms with Crippen molar-refractivity contribution >= 4 is 11.9 Å². The van der Waals surface area contributed by atoms with Gasteiger partial charge in [0.25, 0.3) is 5.91 Å². The van der Waals surface area contributed by atoms with Crippen molar-refractivity contribution in [2.45, 2.75) is 24.8 Å². The largest absolute Gasteiger partial charge is 0.345 e. The van der Waals surface area contributed by atoms with Gasteiger partial charge in [-0.3, -0.25) is 10.2 Å². The van der Waals surface area contributed by atoms with Crippen molar-refractivity contribution in [2.24, 2.45) is 5.84 Å². The summed E-state index contributed by atoms with van der Waals surface area (Å²) in [7, 11) is 0. The Bertz CT molecular complexity index is 711. The third kappa shape index (κ3) is 2.98. The van der Waals surface area contributed by atoms with E-state index >= 15 is 0 Å². The molecule has 1 aliphatic rings. The summed E-state index contributed by atoms with van der Waals surface area (Å²) in [4.78, 5) is 19.5. The Morgan fingerprint density at radius 1 is 1.13 bits per heavy atom. The summed E-state index contributed by atoms with van der Waals surface area (Å²) in [5.74, 6) is 3.58. The summed E-state index contributed by atoms with van der Waals surface area (Å²) in [5.41, 5.74) is 2.13. The summed E-state index contributed by atoms with van der Waals surface area (Å²) in [5, 5.41) is 3.13. The van der Waals surface area contributed by atoms with E-state index in [2.05, 4.69) is 15.3 Å². The fourth-order valence-corrected chi connectivity index (χ4v) is 2.65. The zero-order chi connectivity index (χ0) is 16.4. The van der Waals surface area contributed by atoms with Crippen LogP contribution in [0, 0.1) is 11.6 Å². The highest BCUT2D eigenvalue weighted by Gasteiger charge is 2.40. The number of nitrogen functional groups attached to an aromatic ring is 1. The molecule has 0 spiro atoms. The molecule has 0 unspecified atom stereocenters. The maximum Gasteiger partial charge on any atom is 0.268 e. The Hall–Kier alpha value is -2.61. The van der Waals surface area contributed by atoms with Crippen molar-refractivity contribution in [3.63, 3.8) is 0 Å². The highest BCUT2D eigenvalue weighted by atomic mass is 19.1. The summed E-state index contributed by atoms with van der Waals surface area (Å²) in [6.07, 6.45) is 5.01. The molecule has 0 atom stereocenters. The molecule has 1 amide bonds. The van der Waals surface area contributed by atoms with Crippen LogP contribution in [-0.4, -0.2) is 15.9 Å². The molecule has 0 aliphatic heterocycles. The van der Waals surface area contributed by atoms with Gasteiger partial charge in [-0.1, -0.05) is 0 Å². The van der Waals surface area contributed by atoms with Crippen molar-refractivity contribution in [1.29, 1.82) is 0 Å². The first-order chi connectivity index (χ1) is 11.0. The lowest BCUT2D eigenvalue weighted by Crippen LogP contribution is -2.42. The van der Waals surface area contributed by atoms with Crippen LogP contribution >= 0.6 is 0 Å². The molecule has 1 aliphatic carbocycles. The minimum absolute atomic E-state index is 0.220. The van der Waals surface area contributed by atoms with Gasteiger partial charge in [-0.15, -0.1) is 0 Å². The minimum atomic E-state index is -0.621. The number of halogens is 2. The summed E-state index contributed by atoms with van der Waals surface area (Å²) in [6, 6.07) is 3.46. The number of hydrogen-bond donors (Lipinski definition) is 3. The summed E-state index contributed by atoms with van der Waals surface area (Å²) < 4.78 is 27.0. The van der Waals surface area contributed by atoms with Gasteiger partial charge in [-0.25, -0.2) is 24.6 Å². The number of rotatable bonds is 4. The average molecular weight is 319 g/mol. The molecule has 2 aromatic rings. The topological polar surface area (TPSA) is 92.9 Å². The predicted octanol–water partition coefficient (Wildman–Crippen LogP) is 1.85. The van der Waals surface area contributed by atoms with Crippen LogP contribution in [-0.2, 0) is 5.54 Å². The normalized spacial score (nSPS) is 15.6. The highest BCUT2D eigenvalue weighted by Crippen LogP contribution is 2.43. The van der Waals surface area contributed by atoms with Gasteiger partial charge in [-0.2, -0.15) is 0 Å². The summed E-state index contributed by atoms with van der Waals surface area (Å²) in [6.45, 7) is 0. The van der Waals surface area contributed by atoms with Gasteiger partial charge >= 0.3 is 0 Å². The van der Waals surface area contributed by atoms with Gasteiger partial charge in [0.2, 0.25) is 5.95 Å². The van der Waals surface area contributed by atoms with E-state index < -0.39 is 23.1 Å². The Morgan fingerprint density at radius 2 is 1.74 bits per heavy atom. The molecule has 4 N–H and O–H groups in total. The molecule has 8 heteroatoms. The number of nitrogens with two attached hydrogens (primary N) is 1. The van der Waals surface area contributed by atoms with Crippen molar-refractivity contribution in [1.82, 2.24) is 15.4 Å². The monoisotopic (exact) mass is 319 g/mol. The fraction of sp³-hybridized carbons (Fsp3) is 0.267. The number of nitrogens with zero attached hydrogens (tertiary/aromatic N) is 2. The van der Waals surface area contributed by atoms with E-state index in [9.17, 15) is 13.6 Å². The zero-order valence-corrected chi connectivity index (χ0v) is 12.1. The number of hydrogen-bond acceptors (Lipinski definition) is 5. The number of anilines is 1. The second-order valence-corrected chi connectivity index (χ2v) is 5.49. The molecular weight excluding hydrogens is 304 g/mol. The Morgan fingerprint density at radius 3 is 2.22 bits per heavy atom. The average Bonchev–Trinajstić information content (AvgIpc) is 2.49. The van der Waals surface area contributed by atoms with Crippen LogP contribution in [0.5, 0.6) is 0 Å². The van der Waals surface area contributed by atoms with Gasteiger partial charge in [-0.05, 0) is 37.0 Å². The van der Waals surface area contributed by atoms with Crippen LogP contribution in [0.2, 0.25) is 0 Å². The molecule has 1 heterocycles. The van der Waals surface area contributed by atoms with E-state index in [1.807, 2.05) is 5.43 Å². The number of hydrazine groups is 1. The maximum absolute atomic E-state index is 13.5. The smallest absolute Gasteiger partial charge is 0.268 e. The Labute approximate surface area is 131 Å². The van der Waals surface area contributed by atoms with Crippen molar-refractivity contribution in [3.8, 4) is 0 Å². The fourth-order valence-electron chi connectivity index (χ4n) is 2.65. The minimum Gasteiger partial charge on any atom is -0.345 e. The predicted molar refractivity (Wildman–Crippen MR) is 79.2 cm³/mol. The Kier molecular flexibility index (Phi) is 3.91. The third-order valence-corrected chi connectivity index (χ3v) is 4.02. The lowest BCUT2D eigenvalue weighted by molar-refractivity contribution is 0.0953.